The molecule has 0 aliphatic rings. The molecular formula is C20H14Cl3NO4. The van der Waals surface area contributed by atoms with Crippen molar-refractivity contribution in [3.8, 4) is 23.0 Å². The summed E-state index contributed by atoms with van der Waals surface area (Å²) in [5.74, 6) is 0.525. The van der Waals surface area contributed by atoms with E-state index in [1.54, 1.807) is 42.5 Å². The molecule has 0 heterocycles. The number of hydrogen-bond donors (Lipinski definition) is 2. The predicted molar refractivity (Wildman–Crippen MR) is 111 cm³/mol. The van der Waals surface area contributed by atoms with Crippen LogP contribution in [0.15, 0.2) is 54.6 Å². The monoisotopic (exact) mass is 437 g/mol. The second kappa shape index (κ2) is 8.61. The molecule has 3 rings (SSSR count). The predicted octanol–water partition coefficient (Wildman–Crippen LogP) is 6.41. The van der Waals surface area contributed by atoms with Gasteiger partial charge in [0.1, 0.15) is 23.0 Å². The molecule has 0 spiro atoms. The van der Waals surface area contributed by atoms with Crippen molar-refractivity contribution in [2.45, 2.75) is 0 Å². The molecule has 0 saturated carbocycles. The van der Waals surface area contributed by atoms with Gasteiger partial charge in [-0.2, -0.15) is 0 Å². The van der Waals surface area contributed by atoms with E-state index in [9.17, 15) is 9.90 Å². The minimum Gasteiger partial charge on any atom is -0.506 e. The van der Waals surface area contributed by atoms with E-state index < -0.39 is 5.91 Å². The normalized spacial score (nSPS) is 10.4. The first-order chi connectivity index (χ1) is 13.4. The molecule has 0 saturated heterocycles. The number of phenols is 1. The lowest BCUT2D eigenvalue weighted by Gasteiger charge is -2.13. The van der Waals surface area contributed by atoms with E-state index in [1.165, 1.54) is 19.2 Å². The minimum absolute atomic E-state index is 0.0173. The number of nitrogens with one attached hydrogen (secondary N) is 1. The molecule has 1 amide bonds. The van der Waals surface area contributed by atoms with E-state index in [0.29, 0.717) is 28.0 Å². The quantitative estimate of drug-likeness (QED) is 0.483. The highest BCUT2D eigenvalue weighted by Gasteiger charge is 2.17. The molecule has 2 N–H and O–H groups in total. The van der Waals surface area contributed by atoms with Crippen molar-refractivity contribution in [2.75, 3.05) is 12.4 Å². The Morgan fingerprint density at radius 3 is 2.29 bits per heavy atom. The second-order valence-corrected chi connectivity index (χ2v) is 6.94. The van der Waals surface area contributed by atoms with Gasteiger partial charge in [-0.25, -0.2) is 0 Å². The summed E-state index contributed by atoms with van der Waals surface area (Å²) in [7, 11) is 1.46. The zero-order chi connectivity index (χ0) is 20.3. The standard InChI is InChI=1S/C20H14Cl3NO4/c1-27-18-10-14(28-13-4-2-11(21)3-5-13)6-7-17(18)24-20(26)15-8-12(22)9-16(23)19(15)25/h2-10,25H,1H3,(H,24,26). The van der Waals surface area contributed by atoms with Crippen molar-refractivity contribution in [2.24, 2.45) is 0 Å². The molecule has 8 heteroatoms. The third-order valence-corrected chi connectivity index (χ3v) is 4.50. The number of ether oxygens (including phenoxy) is 2. The molecular weight excluding hydrogens is 425 g/mol. The Balaban J connectivity index is 1.82. The summed E-state index contributed by atoms with van der Waals surface area (Å²) < 4.78 is 11.1. The SMILES string of the molecule is COc1cc(Oc2ccc(Cl)cc2)ccc1NC(=O)c1cc(Cl)cc(Cl)c1O. The number of amides is 1. The number of phenolic OH excluding ortho intramolecular Hbond substituents is 1. The third-order valence-electron chi connectivity index (χ3n) is 3.74. The van der Waals surface area contributed by atoms with Crippen LogP contribution in [0.2, 0.25) is 15.1 Å². The number of hydrogen-bond acceptors (Lipinski definition) is 4. The molecule has 5 nitrogen and oxygen atoms in total. The van der Waals surface area contributed by atoms with Crippen molar-refractivity contribution >= 4 is 46.4 Å². The van der Waals surface area contributed by atoms with Crippen molar-refractivity contribution < 1.29 is 19.4 Å². The maximum absolute atomic E-state index is 12.5. The van der Waals surface area contributed by atoms with Crippen LogP contribution in [0.5, 0.6) is 23.0 Å². The molecule has 3 aromatic carbocycles. The van der Waals surface area contributed by atoms with Crippen LogP contribution in [0, 0.1) is 0 Å². The maximum Gasteiger partial charge on any atom is 0.259 e. The van der Waals surface area contributed by atoms with Crippen molar-refractivity contribution in [3.63, 3.8) is 0 Å². The number of rotatable bonds is 5. The van der Waals surface area contributed by atoms with Crippen LogP contribution in [0.1, 0.15) is 10.4 Å². The Hall–Kier alpha value is -2.60. The van der Waals surface area contributed by atoms with Gasteiger partial charge >= 0.3 is 0 Å². The van der Waals surface area contributed by atoms with Gasteiger partial charge in [-0.3, -0.25) is 4.79 Å². The van der Waals surface area contributed by atoms with E-state index in [0.717, 1.165) is 0 Å². The zero-order valence-electron chi connectivity index (χ0n) is 14.5. The van der Waals surface area contributed by atoms with E-state index in [-0.39, 0.29) is 21.4 Å². The van der Waals surface area contributed by atoms with Gasteiger partial charge in [0, 0.05) is 16.1 Å². The Bertz CT molecular complexity index is 1020. The minimum atomic E-state index is -0.591. The van der Waals surface area contributed by atoms with Crippen LogP contribution in [0.4, 0.5) is 5.69 Å². The molecule has 144 valence electrons. The van der Waals surface area contributed by atoms with Crippen molar-refractivity contribution in [3.05, 3.63) is 75.2 Å². The number of methoxy groups -OCH3 is 1. The summed E-state index contributed by atoms with van der Waals surface area (Å²) in [6, 6.07) is 14.5. The average molecular weight is 439 g/mol. The first kappa shape index (κ1) is 20.1. The summed E-state index contributed by atoms with van der Waals surface area (Å²) in [6.45, 7) is 0. The molecule has 0 aromatic heterocycles. The Morgan fingerprint density at radius 2 is 1.61 bits per heavy atom. The first-order valence-electron chi connectivity index (χ1n) is 7.98. The molecule has 0 atom stereocenters. The fourth-order valence-electron chi connectivity index (χ4n) is 2.41. The highest BCUT2D eigenvalue weighted by molar-refractivity contribution is 6.36. The average Bonchev–Trinajstić information content (AvgIpc) is 2.67. The fourth-order valence-corrected chi connectivity index (χ4v) is 3.03. The summed E-state index contributed by atoms with van der Waals surface area (Å²) in [4.78, 5) is 12.5. The number of anilines is 1. The van der Waals surface area contributed by atoms with Crippen LogP contribution >= 0.6 is 34.8 Å². The number of carbonyl (C=O) groups is 1. The molecule has 0 aliphatic carbocycles. The second-order valence-electron chi connectivity index (χ2n) is 5.66. The molecule has 28 heavy (non-hydrogen) atoms. The van der Waals surface area contributed by atoms with Crippen molar-refractivity contribution in [1.82, 2.24) is 0 Å². The van der Waals surface area contributed by atoms with Gasteiger partial charge in [0.15, 0.2) is 0 Å². The molecule has 0 radical (unpaired) electrons. The highest BCUT2D eigenvalue weighted by atomic mass is 35.5. The lowest BCUT2D eigenvalue weighted by atomic mass is 10.1. The molecule has 0 unspecified atom stereocenters. The molecule has 3 aromatic rings. The molecule has 0 aliphatic heterocycles. The number of aromatic hydroxyl groups is 1. The van der Waals surface area contributed by atoms with Crippen LogP contribution in [-0.4, -0.2) is 18.1 Å². The highest BCUT2D eigenvalue weighted by Crippen LogP contribution is 2.35. The largest absolute Gasteiger partial charge is 0.506 e. The van der Waals surface area contributed by atoms with Crippen LogP contribution in [-0.2, 0) is 0 Å². The van der Waals surface area contributed by atoms with Gasteiger partial charge in [-0.15, -0.1) is 0 Å². The number of benzene rings is 3. The van der Waals surface area contributed by atoms with Crippen LogP contribution in [0.25, 0.3) is 0 Å². The van der Waals surface area contributed by atoms with Crippen LogP contribution < -0.4 is 14.8 Å². The fraction of sp³-hybridized carbons (Fsp3) is 0.0500. The summed E-state index contributed by atoms with van der Waals surface area (Å²) in [6.07, 6.45) is 0. The van der Waals surface area contributed by atoms with Crippen LogP contribution in [0.3, 0.4) is 0 Å². The summed E-state index contributed by atoms with van der Waals surface area (Å²) in [5, 5.41) is 13.5. The van der Waals surface area contributed by atoms with Gasteiger partial charge in [0.2, 0.25) is 0 Å². The van der Waals surface area contributed by atoms with E-state index in [2.05, 4.69) is 5.32 Å². The van der Waals surface area contributed by atoms with Gasteiger partial charge < -0.3 is 19.9 Å². The summed E-state index contributed by atoms with van der Waals surface area (Å²) >= 11 is 17.6. The van der Waals surface area contributed by atoms with Crippen molar-refractivity contribution in [1.29, 1.82) is 0 Å². The molecule has 0 fully saturated rings. The maximum atomic E-state index is 12.5. The third kappa shape index (κ3) is 4.62. The topological polar surface area (TPSA) is 67.8 Å². The van der Waals surface area contributed by atoms with E-state index >= 15 is 0 Å². The van der Waals surface area contributed by atoms with Gasteiger partial charge in [0.05, 0.1) is 23.4 Å². The molecule has 0 bridgehead atoms. The first-order valence-corrected chi connectivity index (χ1v) is 9.11. The summed E-state index contributed by atoms with van der Waals surface area (Å²) in [5.41, 5.74) is 0.326. The Labute approximate surface area is 176 Å². The Kier molecular flexibility index (Phi) is 6.19. The number of carbonyl (C=O) groups excluding carboxylic acids is 1. The van der Waals surface area contributed by atoms with Gasteiger partial charge in [0.25, 0.3) is 5.91 Å². The lowest BCUT2D eigenvalue weighted by molar-refractivity contribution is 0.102. The van der Waals surface area contributed by atoms with E-state index in [1.807, 2.05) is 0 Å². The van der Waals surface area contributed by atoms with E-state index in [4.69, 9.17) is 44.3 Å². The van der Waals surface area contributed by atoms with Gasteiger partial charge in [-0.1, -0.05) is 34.8 Å². The number of halogens is 3. The lowest BCUT2D eigenvalue weighted by Crippen LogP contribution is -2.13. The van der Waals surface area contributed by atoms with Gasteiger partial charge in [-0.05, 0) is 48.5 Å². The smallest absolute Gasteiger partial charge is 0.259 e. The Morgan fingerprint density at radius 1 is 0.929 bits per heavy atom. The zero-order valence-corrected chi connectivity index (χ0v) is 16.8.